The predicted molar refractivity (Wildman–Crippen MR) is 178 cm³/mol. The van der Waals surface area contributed by atoms with Crippen molar-refractivity contribution in [2.24, 2.45) is 5.41 Å². The van der Waals surface area contributed by atoms with Gasteiger partial charge in [0.05, 0.1) is 30.4 Å². The molecule has 0 saturated carbocycles. The first-order valence-electron chi connectivity index (χ1n) is 15.7. The summed E-state index contributed by atoms with van der Waals surface area (Å²) in [7, 11) is -3.64. The number of sulfone groups is 1. The van der Waals surface area contributed by atoms with Gasteiger partial charge in [-0.1, -0.05) is 38.1 Å². The van der Waals surface area contributed by atoms with Crippen LogP contribution in [0.3, 0.4) is 0 Å². The Bertz CT molecular complexity index is 2100. The Balaban J connectivity index is 1.47. The van der Waals surface area contributed by atoms with Crippen molar-refractivity contribution in [1.29, 1.82) is 0 Å². The maximum Gasteiger partial charge on any atom is 0.303 e. The number of nitrogens with one attached hydrogen (secondary N) is 1. The van der Waals surface area contributed by atoms with Crippen molar-refractivity contribution in [3.8, 4) is 22.8 Å². The third-order valence-electron chi connectivity index (χ3n) is 8.52. The van der Waals surface area contributed by atoms with Gasteiger partial charge in [-0.25, -0.2) is 17.2 Å². The molecule has 252 valence electrons. The Labute approximate surface area is 277 Å². The number of carbonyl (C=O) groups is 1. The first-order valence-corrected chi connectivity index (χ1v) is 17.5. The highest BCUT2D eigenvalue weighted by atomic mass is 32.2. The second-order valence-corrected chi connectivity index (χ2v) is 15.3. The summed E-state index contributed by atoms with van der Waals surface area (Å²) in [6.45, 7) is 5.67. The highest BCUT2D eigenvalue weighted by Crippen LogP contribution is 2.38. The number of fused-ring (bicyclic) bond motifs is 8. The van der Waals surface area contributed by atoms with Crippen molar-refractivity contribution in [2.45, 2.75) is 46.1 Å². The van der Waals surface area contributed by atoms with Gasteiger partial charge in [0.2, 0.25) is 0 Å². The molecule has 12 heteroatoms. The molecule has 0 spiro atoms. The molecule has 0 saturated heterocycles. The molecule has 1 unspecified atom stereocenters. The Kier molecular flexibility index (Phi) is 9.14. The zero-order valence-corrected chi connectivity index (χ0v) is 27.7. The van der Waals surface area contributed by atoms with Crippen molar-refractivity contribution in [2.75, 3.05) is 24.7 Å². The lowest BCUT2D eigenvalue weighted by Gasteiger charge is -2.26. The van der Waals surface area contributed by atoms with Crippen LogP contribution in [-0.2, 0) is 32.2 Å². The largest absolute Gasteiger partial charge is 0.481 e. The SMILES string of the molecule is Cc1cn2nc1-c1cc(ccc1F)Oc1c(F)cc3[nH]ccc3c1CCS(=O)(=O)CC(C)(C)COCC2c1cccc(CCC(=O)O)c1. The fourth-order valence-electron chi connectivity index (χ4n) is 6.30. The van der Waals surface area contributed by atoms with Crippen molar-refractivity contribution in [1.82, 2.24) is 14.8 Å². The molecule has 5 aromatic rings. The third-order valence-corrected chi connectivity index (χ3v) is 10.6. The van der Waals surface area contributed by atoms with E-state index in [2.05, 4.69) is 4.98 Å². The number of halogens is 2. The van der Waals surface area contributed by atoms with Crippen molar-refractivity contribution in [3.63, 3.8) is 0 Å². The molecule has 2 N–H and O–H groups in total. The van der Waals surface area contributed by atoms with E-state index in [4.69, 9.17) is 14.6 Å². The normalized spacial score (nSPS) is 18.0. The van der Waals surface area contributed by atoms with Crippen LogP contribution in [0.4, 0.5) is 8.78 Å². The Hall–Kier alpha value is -4.55. The van der Waals surface area contributed by atoms with Gasteiger partial charge in [0, 0.05) is 52.3 Å². The minimum Gasteiger partial charge on any atom is -0.481 e. The molecule has 0 aliphatic carbocycles. The van der Waals surface area contributed by atoms with Crippen molar-refractivity contribution < 1.29 is 36.6 Å². The fourth-order valence-corrected chi connectivity index (χ4v) is 8.24. The van der Waals surface area contributed by atoms with E-state index in [0.29, 0.717) is 34.1 Å². The topological polar surface area (TPSA) is 124 Å². The summed E-state index contributed by atoms with van der Waals surface area (Å²) in [5.74, 6) is -2.51. The Morgan fingerprint density at radius 2 is 1.94 bits per heavy atom. The molecule has 2 aromatic heterocycles. The number of hydrogen-bond donors (Lipinski definition) is 2. The lowest BCUT2D eigenvalue weighted by molar-refractivity contribution is -0.136. The van der Waals surface area contributed by atoms with Gasteiger partial charge < -0.3 is 19.6 Å². The number of ether oxygens (including phenoxy) is 2. The first-order chi connectivity index (χ1) is 22.8. The monoisotopic (exact) mass is 677 g/mol. The summed E-state index contributed by atoms with van der Waals surface area (Å²) in [4.78, 5) is 14.2. The van der Waals surface area contributed by atoms with Gasteiger partial charge in [-0.15, -0.1) is 0 Å². The van der Waals surface area contributed by atoms with Crippen LogP contribution in [0, 0.1) is 24.0 Å². The highest BCUT2D eigenvalue weighted by molar-refractivity contribution is 7.91. The molecule has 1 aliphatic heterocycles. The van der Waals surface area contributed by atoms with E-state index in [1.807, 2.05) is 38.1 Å². The first kappa shape index (κ1) is 33.4. The van der Waals surface area contributed by atoms with Gasteiger partial charge in [0.1, 0.15) is 17.6 Å². The van der Waals surface area contributed by atoms with E-state index in [9.17, 15) is 18.3 Å². The van der Waals surface area contributed by atoms with E-state index in [0.717, 1.165) is 11.1 Å². The molecular weight excluding hydrogens is 640 g/mol. The summed E-state index contributed by atoms with van der Waals surface area (Å²) in [5.41, 5.74) is 2.93. The Morgan fingerprint density at radius 1 is 1.12 bits per heavy atom. The van der Waals surface area contributed by atoms with E-state index in [-0.39, 0.29) is 54.6 Å². The molecule has 9 nitrogen and oxygen atoms in total. The number of carboxylic acid groups (broad SMARTS) is 1. The molecule has 0 amide bonds. The van der Waals surface area contributed by atoms with Crippen LogP contribution in [0.1, 0.15) is 48.6 Å². The number of aryl methyl sites for hydroxylation is 3. The molecule has 48 heavy (non-hydrogen) atoms. The van der Waals surface area contributed by atoms with E-state index < -0.39 is 38.9 Å². The standard InChI is InChI=1S/C36H37F2N3O6S/c1-22-18-41-32(24-6-4-5-23(15-24)7-10-33(42)43)19-46-20-36(2,3)21-48(44,45)14-12-27-26-11-13-39-31(26)17-30(38)35(27)47-25-8-9-29(37)28(16-25)34(22)40-41/h4-6,8-9,11,13,15-18,32,39H,7,10,12,14,19-21H2,1-3H3,(H,42,43). The lowest BCUT2D eigenvalue weighted by atomic mass is 9.98. The average molecular weight is 678 g/mol. The van der Waals surface area contributed by atoms with Gasteiger partial charge in [0.25, 0.3) is 0 Å². The number of aromatic nitrogens is 3. The van der Waals surface area contributed by atoms with Gasteiger partial charge in [-0.05, 0) is 60.7 Å². The second kappa shape index (κ2) is 13.2. The minimum atomic E-state index is -3.64. The number of nitrogens with zero attached hydrogens (tertiary/aromatic N) is 2. The molecule has 1 atom stereocenters. The molecule has 6 rings (SSSR count). The number of H-pyrrole nitrogens is 1. The lowest BCUT2D eigenvalue weighted by Crippen LogP contribution is -2.32. The number of benzene rings is 3. The zero-order valence-electron chi connectivity index (χ0n) is 26.9. The van der Waals surface area contributed by atoms with Crippen LogP contribution in [0.2, 0.25) is 0 Å². The van der Waals surface area contributed by atoms with E-state index in [1.165, 1.54) is 24.3 Å². The maximum atomic E-state index is 15.6. The smallest absolute Gasteiger partial charge is 0.303 e. The highest BCUT2D eigenvalue weighted by Gasteiger charge is 2.29. The van der Waals surface area contributed by atoms with Crippen LogP contribution >= 0.6 is 0 Å². The van der Waals surface area contributed by atoms with Crippen LogP contribution in [-0.4, -0.2) is 59.0 Å². The molecule has 3 heterocycles. The van der Waals surface area contributed by atoms with Crippen LogP contribution in [0.25, 0.3) is 22.2 Å². The van der Waals surface area contributed by atoms with E-state index >= 15 is 8.78 Å². The van der Waals surface area contributed by atoms with Gasteiger partial charge in [0.15, 0.2) is 21.4 Å². The van der Waals surface area contributed by atoms with Gasteiger partial charge >= 0.3 is 5.97 Å². The molecule has 0 radical (unpaired) electrons. The number of carboxylic acids is 1. The Morgan fingerprint density at radius 3 is 2.73 bits per heavy atom. The predicted octanol–water partition coefficient (Wildman–Crippen LogP) is 7.03. The summed E-state index contributed by atoms with van der Waals surface area (Å²) in [6.07, 6.45) is 3.74. The van der Waals surface area contributed by atoms with Crippen molar-refractivity contribution in [3.05, 3.63) is 101 Å². The van der Waals surface area contributed by atoms with Crippen LogP contribution < -0.4 is 4.74 Å². The second-order valence-electron chi connectivity index (χ2n) is 13.2. The van der Waals surface area contributed by atoms with Crippen LogP contribution in [0.5, 0.6) is 11.5 Å². The summed E-state index contributed by atoms with van der Waals surface area (Å²) in [5, 5.41) is 14.6. The molecule has 4 bridgehead atoms. The summed E-state index contributed by atoms with van der Waals surface area (Å²) >= 11 is 0. The van der Waals surface area contributed by atoms with E-state index in [1.54, 1.807) is 30.1 Å². The summed E-state index contributed by atoms with van der Waals surface area (Å²) < 4.78 is 72.0. The van der Waals surface area contributed by atoms with Gasteiger partial charge in [-0.2, -0.15) is 5.10 Å². The number of rotatable bonds is 4. The number of hydrogen-bond acceptors (Lipinski definition) is 6. The summed E-state index contributed by atoms with van der Waals surface area (Å²) in [6, 6.07) is 14.1. The van der Waals surface area contributed by atoms with Gasteiger partial charge in [-0.3, -0.25) is 9.48 Å². The molecule has 0 fully saturated rings. The fraction of sp³-hybridized carbons (Fsp3) is 0.333. The van der Waals surface area contributed by atoms with Crippen LogP contribution in [0.15, 0.2) is 67.0 Å². The maximum absolute atomic E-state index is 15.6. The average Bonchev–Trinajstić information content (AvgIpc) is 3.64. The quantitative estimate of drug-likeness (QED) is 0.209. The zero-order chi connectivity index (χ0) is 34.2. The number of aliphatic carboxylic acids is 1. The molecular formula is C36H37F2N3O6S. The molecule has 3 aromatic carbocycles. The molecule has 1 aliphatic rings. The van der Waals surface area contributed by atoms with Crippen molar-refractivity contribution >= 4 is 26.7 Å². The minimum absolute atomic E-state index is 0.00141. The third kappa shape index (κ3) is 7.29. The number of aromatic amines is 1.